The van der Waals surface area contributed by atoms with Crippen molar-refractivity contribution in [2.45, 2.75) is 13.3 Å². The Labute approximate surface area is 55.7 Å². The van der Waals surface area contributed by atoms with Gasteiger partial charge >= 0.3 is 0 Å². The van der Waals surface area contributed by atoms with E-state index < -0.39 is 0 Å². The molecule has 0 aliphatic carbocycles. The molecule has 9 heavy (non-hydrogen) atoms. The van der Waals surface area contributed by atoms with Crippen molar-refractivity contribution in [1.29, 1.82) is 0 Å². The second-order valence-corrected chi connectivity index (χ2v) is 2.06. The number of rotatable bonds is 1. The Morgan fingerprint density at radius 3 is 2.89 bits per heavy atom. The molecule has 0 saturated carbocycles. The third kappa shape index (κ3) is 1.53. The highest BCUT2D eigenvalue weighted by atomic mass is 14.6. The lowest BCUT2D eigenvalue weighted by molar-refractivity contribution is 1.14. The molecule has 1 rings (SSSR count). The molecule has 0 aromatic carbocycles. The minimum atomic E-state index is 0.851. The predicted octanol–water partition coefficient (Wildman–Crippen LogP) is 1.77. The third-order valence-corrected chi connectivity index (χ3v) is 1.25. The zero-order chi connectivity index (χ0) is 6.69. The molecule has 1 radical (unpaired) electrons. The summed E-state index contributed by atoms with van der Waals surface area (Å²) in [6, 6.07) is 4.03. The van der Waals surface area contributed by atoms with Crippen LogP contribution in [0.4, 0.5) is 0 Å². The lowest BCUT2D eigenvalue weighted by Gasteiger charge is -1.94. The van der Waals surface area contributed by atoms with Crippen molar-refractivity contribution in [3.8, 4) is 0 Å². The van der Waals surface area contributed by atoms with E-state index in [2.05, 4.69) is 11.9 Å². The summed E-state index contributed by atoms with van der Waals surface area (Å²) in [5, 5.41) is 0. The van der Waals surface area contributed by atoms with Gasteiger partial charge in [-0.15, -0.1) is 0 Å². The first-order valence-electron chi connectivity index (χ1n) is 3.03. The molecule has 1 nitrogen and oxygen atoms in total. The Hall–Kier alpha value is -0.850. The highest BCUT2D eigenvalue weighted by Crippen LogP contribution is 1.99. The largest absolute Gasteiger partial charge is 0.262 e. The van der Waals surface area contributed by atoms with Crippen molar-refractivity contribution >= 4 is 0 Å². The summed E-state index contributed by atoms with van der Waals surface area (Å²) in [5.41, 5.74) is 2.32. The molecule has 0 aliphatic heterocycles. The lowest BCUT2D eigenvalue weighted by atomic mass is 10.2. The fourth-order valence-electron chi connectivity index (χ4n) is 0.760. The molecule has 0 spiro atoms. The van der Waals surface area contributed by atoms with E-state index in [4.69, 9.17) is 0 Å². The van der Waals surface area contributed by atoms with Crippen LogP contribution in [0.1, 0.15) is 11.3 Å². The van der Waals surface area contributed by atoms with Gasteiger partial charge in [0.25, 0.3) is 0 Å². The van der Waals surface area contributed by atoms with Gasteiger partial charge in [-0.25, -0.2) is 0 Å². The monoisotopic (exact) mass is 120 g/mol. The van der Waals surface area contributed by atoms with Crippen molar-refractivity contribution in [1.82, 2.24) is 4.98 Å². The first-order chi connectivity index (χ1) is 4.33. The van der Waals surface area contributed by atoms with Crippen molar-refractivity contribution < 1.29 is 0 Å². The molecular formula is C8H10N. The van der Waals surface area contributed by atoms with Crippen LogP contribution >= 0.6 is 0 Å². The van der Waals surface area contributed by atoms with Gasteiger partial charge in [0.1, 0.15) is 0 Å². The molecule has 1 aromatic heterocycles. The quantitative estimate of drug-likeness (QED) is 0.550. The van der Waals surface area contributed by atoms with E-state index in [0.717, 1.165) is 12.1 Å². The van der Waals surface area contributed by atoms with Crippen molar-refractivity contribution in [2.75, 3.05) is 0 Å². The molecule has 0 unspecified atom stereocenters. The average molecular weight is 120 g/mol. The van der Waals surface area contributed by atoms with Gasteiger partial charge in [0.05, 0.1) is 0 Å². The molecule has 0 bridgehead atoms. The van der Waals surface area contributed by atoms with Crippen LogP contribution in [0.5, 0.6) is 0 Å². The van der Waals surface area contributed by atoms with Gasteiger partial charge in [-0.1, -0.05) is 0 Å². The Balaban J connectivity index is 2.94. The molecule has 0 amide bonds. The summed E-state index contributed by atoms with van der Waals surface area (Å²) in [5.74, 6) is 0. The van der Waals surface area contributed by atoms with E-state index in [1.165, 1.54) is 5.56 Å². The fraction of sp³-hybridized carbons (Fsp3) is 0.250. The van der Waals surface area contributed by atoms with E-state index >= 15 is 0 Å². The summed E-state index contributed by atoms with van der Waals surface area (Å²) in [7, 11) is 0. The zero-order valence-corrected chi connectivity index (χ0v) is 5.59. The summed E-state index contributed by atoms with van der Waals surface area (Å²) in [4.78, 5) is 4.06. The average Bonchev–Trinajstić information content (AvgIpc) is 1.88. The van der Waals surface area contributed by atoms with Crippen molar-refractivity contribution in [3.05, 3.63) is 36.5 Å². The molecule has 1 aromatic rings. The maximum absolute atomic E-state index is 4.06. The Kier molecular flexibility index (Phi) is 1.83. The van der Waals surface area contributed by atoms with Gasteiger partial charge in [-0.3, -0.25) is 4.98 Å². The van der Waals surface area contributed by atoms with Crippen LogP contribution in [-0.2, 0) is 6.42 Å². The van der Waals surface area contributed by atoms with Gasteiger partial charge in [0, 0.05) is 11.9 Å². The molecule has 0 atom stereocenters. The highest BCUT2D eigenvalue weighted by Gasteiger charge is 1.87. The lowest BCUT2D eigenvalue weighted by Crippen LogP contribution is -1.83. The van der Waals surface area contributed by atoms with Crippen molar-refractivity contribution in [3.63, 3.8) is 0 Å². The van der Waals surface area contributed by atoms with E-state index in [9.17, 15) is 0 Å². The zero-order valence-electron chi connectivity index (χ0n) is 5.59. The maximum atomic E-state index is 4.06. The Morgan fingerprint density at radius 2 is 2.44 bits per heavy atom. The highest BCUT2D eigenvalue weighted by molar-refractivity contribution is 5.15. The molecule has 1 heteroatoms. The van der Waals surface area contributed by atoms with Gasteiger partial charge in [0.15, 0.2) is 0 Å². The molecule has 1 heterocycles. The van der Waals surface area contributed by atoms with Crippen LogP contribution in [0.3, 0.4) is 0 Å². The number of hydrogen-bond donors (Lipinski definition) is 0. The van der Waals surface area contributed by atoms with E-state index in [-0.39, 0.29) is 0 Å². The Bertz CT molecular complexity index is 194. The van der Waals surface area contributed by atoms with Gasteiger partial charge in [-0.05, 0) is 38.0 Å². The number of pyridine rings is 1. The van der Waals surface area contributed by atoms with Crippen LogP contribution in [-0.4, -0.2) is 4.98 Å². The van der Waals surface area contributed by atoms with Crippen LogP contribution in [0.15, 0.2) is 18.3 Å². The Morgan fingerprint density at radius 1 is 1.67 bits per heavy atom. The first kappa shape index (κ1) is 6.27. The fourth-order valence-corrected chi connectivity index (χ4v) is 0.760. The molecule has 0 saturated heterocycles. The van der Waals surface area contributed by atoms with Crippen LogP contribution in [0, 0.1) is 13.8 Å². The standard InChI is InChI=1S/C8H10N/c1-3-8-4-5-9-7(2)6-8/h4-6H,1,3H2,2H3. The van der Waals surface area contributed by atoms with Crippen molar-refractivity contribution in [2.24, 2.45) is 0 Å². The molecule has 0 fully saturated rings. The third-order valence-electron chi connectivity index (χ3n) is 1.25. The molecule has 0 aliphatic rings. The summed E-state index contributed by atoms with van der Waals surface area (Å²) in [6.45, 7) is 5.75. The van der Waals surface area contributed by atoms with Crippen LogP contribution in [0.2, 0.25) is 0 Å². The molecule has 0 N–H and O–H groups in total. The predicted molar refractivity (Wildman–Crippen MR) is 38.0 cm³/mol. The summed E-state index contributed by atoms with van der Waals surface area (Å²) < 4.78 is 0. The maximum Gasteiger partial charge on any atom is 0.0375 e. The molecular weight excluding hydrogens is 110 g/mol. The van der Waals surface area contributed by atoms with Gasteiger partial charge in [-0.2, -0.15) is 0 Å². The van der Waals surface area contributed by atoms with E-state index in [0.29, 0.717) is 0 Å². The minimum absolute atomic E-state index is 0.851. The van der Waals surface area contributed by atoms with E-state index in [1.807, 2.05) is 25.3 Å². The normalized spacial score (nSPS) is 9.56. The summed E-state index contributed by atoms with van der Waals surface area (Å²) >= 11 is 0. The minimum Gasteiger partial charge on any atom is -0.262 e. The number of aryl methyl sites for hydroxylation is 1. The summed E-state index contributed by atoms with van der Waals surface area (Å²) in [6.07, 6.45) is 2.67. The SMILES string of the molecule is [CH2]Cc1ccnc(C)c1. The van der Waals surface area contributed by atoms with Gasteiger partial charge < -0.3 is 0 Å². The number of aromatic nitrogens is 1. The van der Waals surface area contributed by atoms with E-state index in [1.54, 1.807) is 0 Å². The second-order valence-electron chi connectivity index (χ2n) is 2.06. The smallest absolute Gasteiger partial charge is 0.0375 e. The number of hydrogen-bond acceptors (Lipinski definition) is 1. The number of nitrogens with zero attached hydrogens (tertiary/aromatic N) is 1. The second kappa shape index (κ2) is 2.62. The molecule has 47 valence electrons. The van der Waals surface area contributed by atoms with Crippen LogP contribution in [0.25, 0.3) is 0 Å². The van der Waals surface area contributed by atoms with Gasteiger partial charge in [0.2, 0.25) is 0 Å². The first-order valence-corrected chi connectivity index (χ1v) is 3.03. The topological polar surface area (TPSA) is 12.9 Å². The van der Waals surface area contributed by atoms with Crippen LogP contribution < -0.4 is 0 Å².